The van der Waals surface area contributed by atoms with Gasteiger partial charge in [0.1, 0.15) is 5.75 Å². The Bertz CT molecular complexity index is 1840. The van der Waals surface area contributed by atoms with Crippen LogP contribution in [0.1, 0.15) is 68.8 Å². The van der Waals surface area contributed by atoms with Crippen molar-refractivity contribution >= 4 is 28.5 Å². The Morgan fingerprint density at radius 1 is 1.02 bits per heavy atom. The number of hydrogen-bond acceptors (Lipinski definition) is 9. The second-order valence-corrected chi connectivity index (χ2v) is 13.9. The standard InChI is InChI=1S/C40H54N8O4/c1-5-35-33(39(45-31-14-18-52-19-15-31)34-24-44-48(6-2)40(34)46-35)23-43-38(50)13-12-37(49)42-22-28-10-11-36(51-4)32(21-28)30-9-7-8-29(20-30)26-47-17-16-41-27(3)25-47/h7-11,20-21,24,27,31,41H,5-6,12-19,22-23,25-26H2,1-4H3,(H,42,49)(H,43,50)(H,45,46)/t27-/m0/s1. The first-order valence-electron chi connectivity index (χ1n) is 18.8. The third-order valence-electron chi connectivity index (χ3n) is 10.1. The van der Waals surface area contributed by atoms with Crippen LogP contribution in [-0.4, -0.2) is 83.5 Å². The molecule has 4 heterocycles. The number of aromatic nitrogens is 3. The molecule has 278 valence electrons. The maximum atomic E-state index is 13.1. The van der Waals surface area contributed by atoms with Crippen LogP contribution in [0.4, 0.5) is 5.69 Å². The molecule has 6 rings (SSSR count). The van der Waals surface area contributed by atoms with Crippen LogP contribution in [0.3, 0.4) is 0 Å². The van der Waals surface area contributed by atoms with E-state index in [1.807, 2.05) is 23.0 Å². The van der Waals surface area contributed by atoms with E-state index in [0.717, 1.165) is 116 Å². The zero-order chi connectivity index (χ0) is 36.5. The summed E-state index contributed by atoms with van der Waals surface area (Å²) in [6.45, 7) is 13.2. The number of pyridine rings is 1. The van der Waals surface area contributed by atoms with Crippen molar-refractivity contribution < 1.29 is 19.1 Å². The Hall–Kier alpha value is -4.52. The third kappa shape index (κ3) is 9.28. The van der Waals surface area contributed by atoms with Gasteiger partial charge in [-0.3, -0.25) is 14.5 Å². The maximum Gasteiger partial charge on any atom is 0.220 e. The molecule has 2 aliphatic rings. The normalized spacial score (nSPS) is 16.9. The second kappa shape index (κ2) is 17.8. The zero-order valence-electron chi connectivity index (χ0n) is 31.1. The summed E-state index contributed by atoms with van der Waals surface area (Å²) in [5.74, 6) is 0.428. The number of nitrogens with one attached hydrogen (secondary N) is 4. The predicted octanol–water partition coefficient (Wildman–Crippen LogP) is 4.79. The lowest BCUT2D eigenvalue weighted by Crippen LogP contribution is -2.48. The lowest BCUT2D eigenvalue weighted by molar-refractivity contribution is -0.126. The summed E-state index contributed by atoms with van der Waals surface area (Å²) in [6.07, 6.45) is 4.59. The molecule has 2 aromatic carbocycles. The molecule has 1 atom stereocenters. The van der Waals surface area contributed by atoms with Crippen LogP contribution >= 0.6 is 0 Å². The van der Waals surface area contributed by atoms with E-state index in [1.165, 1.54) is 5.56 Å². The summed E-state index contributed by atoms with van der Waals surface area (Å²) in [5.41, 5.74) is 7.99. The number of nitrogens with zero attached hydrogens (tertiary/aromatic N) is 4. The first kappa shape index (κ1) is 37.2. The summed E-state index contributed by atoms with van der Waals surface area (Å²) in [5, 5.41) is 18.9. The van der Waals surface area contributed by atoms with Gasteiger partial charge in [0.05, 0.1) is 24.4 Å². The SMILES string of the molecule is CCc1nc2c(cnn2CC)c(NC2CCOCC2)c1CNC(=O)CCC(=O)NCc1ccc(OC)c(-c2cccc(CN3CCN[C@@H](C)C3)c2)c1. The van der Waals surface area contributed by atoms with Crippen molar-refractivity contribution in [3.8, 4) is 16.9 Å². The van der Waals surface area contributed by atoms with Gasteiger partial charge in [-0.15, -0.1) is 0 Å². The maximum absolute atomic E-state index is 13.1. The van der Waals surface area contributed by atoms with E-state index in [4.69, 9.17) is 14.5 Å². The van der Waals surface area contributed by atoms with Crippen LogP contribution in [0.25, 0.3) is 22.2 Å². The monoisotopic (exact) mass is 710 g/mol. The molecule has 12 nitrogen and oxygen atoms in total. The van der Waals surface area contributed by atoms with Gasteiger partial charge in [0.15, 0.2) is 5.65 Å². The van der Waals surface area contributed by atoms with Gasteiger partial charge in [-0.2, -0.15) is 5.10 Å². The molecule has 0 aliphatic carbocycles. The molecule has 2 amide bonds. The van der Waals surface area contributed by atoms with E-state index in [-0.39, 0.29) is 30.7 Å². The van der Waals surface area contributed by atoms with Gasteiger partial charge in [0.25, 0.3) is 0 Å². The fraction of sp³-hybridized carbons (Fsp3) is 0.500. The molecule has 2 fully saturated rings. The van der Waals surface area contributed by atoms with Crippen LogP contribution in [0, 0.1) is 0 Å². The number of ether oxygens (including phenoxy) is 2. The number of amides is 2. The number of methoxy groups -OCH3 is 1. The average Bonchev–Trinajstić information content (AvgIpc) is 3.59. The molecule has 0 spiro atoms. The Labute approximate surface area is 307 Å². The van der Waals surface area contributed by atoms with Gasteiger partial charge in [-0.25, -0.2) is 9.67 Å². The van der Waals surface area contributed by atoms with E-state index >= 15 is 0 Å². The number of rotatable bonds is 15. The minimum absolute atomic E-state index is 0.0893. The molecule has 2 saturated heterocycles. The molecule has 4 aromatic rings. The summed E-state index contributed by atoms with van der Waals surface area (Å²) in [4.78, 5) is 33.4. The molecule has 0 radical (unpaired) electrons. The van der Waals surface area contributed by atoms with E-state index in [1.54, 1.807) is 7.11 Å². The Morgan fingerprint density at radius 3 is 2.54 bits per heavy atom. The molecule has 52 heavy (non-hydrogen) atoms. The van der Waals surface area contributed by atoms with Gasteiger partial charge >= 0.3 is 0 Å². The van der Waals surface area contributed by atoms with E-state index < -0.39 is 0 Å². The Kier molecular flexibility index (Phi) is 12.8. The van der Waals surface area contributed by atoms with E-state index in [9.17, 15) is 9.59 Å². The topological polar surface area (TPSA) is 135 Å². The molecular formula is C40H54N8O4. The average molecular weight is 711 g/mol. The zero-order valence-corrected chi connectivity index (χ0v) is 31.1. The number of hydrogen-bond donors (Lipinski definition) is 4. The van der Waals surface area contributed by atoms with Crippen LogP contribution in [-0.2, 0) is 46.9 Å². The van der Waals surface area contributed by atoms with Crippen LogP contribution in [0.5, 0.6) is 5.75 Å². The van der Waals surface area contributed by atoms with Gasteiger partial charge in [-0.05, 0) is 68.0 Å². The highest BCUT2D eigenvalue weighted by Crippen LogP contribution is 2.33. The molecule has 4 N–H and O–H groups in total. The number of carbonyl (C=O) groups is 2. The first-order valence-corrected chi connectivity index (χ1v) is 18.8. The quantitative estimate of drug-likeness (QED) is 0.138. The summed E-state index contributed by atoms with van der Waals surface area (Å²) < 4.78 is 13.2. The van der Waals surface area contributed by atoms with Gasteiger partial charge in [0.2, 0.25) is 11.8 Å². The Balaban J connectivity index is 1.05. The predicted molar refractivity (Wildman–Crippen MR) is 204 cm³/mol. The van der Waals surface area contributed by atoms with Crippen molar-refractivity contribution in [1.82, 2.24) is 35.6 Å². The number of fused-ring (bicyclic) bond motifs is 1. The molecule has 2 aliphatic heterocycles. The van der Waals surface area contributed by atoms with E-state index in [0.29, 0.717) is 19.1 Å². The number of aryl methyl sites for hydroxylation is 2. The number of carbonyl (C=O) groups excluding carboxylic acids is 2. The fourth-order valence-corrected chi connectivity index (χ4v) is 7.23. The third-order valence-corrected chi connectivity index (χ3v) is 10.1. The van der Waals surface area contributed by atoms with Crippen LogP contribution in [0.2, 0.25) is 0 Å². The lowest BCUT2D eigenvalue weighted by Gasteiger charge is -2.31. The largest absolute Gasteiger partial charge is 0.496 e. The minimum atomic E-state index is -0.180. The van der Waals surface area contributed by atoms with Crippen molar-refractivity contribution in [3.05, 3.63) is 71.0 Å². The highest BCUT2D eigenvalue weighted by molar-refractivity contribution is 5.92. The number of benzene rings is 2. The van der Waals surface area contributed by atoms with Crippen molar-refractivity contribution in [2.45, 2.75) is 91.1 Å². The van der Waals surface area contributed by atoms with Crippen LogP contribution in [0.15, 0.2) is 48.7 Å². The van der Waals surface area contributed by atoms with Crippen LogP contribution < -0.4 is 26.0 Å². The van der Waals surface area contributed by atoms with Crippen molar-refractivity contribution in [2.75, 3.05) is 45.3 Å². The second-order valence-electron chi connectivity index (χ2n) is 13.9. The number of anilines is 1. The highest BCUT2D eigenvalue weighted by atomic mass is 16.5. The van der Waals surface area contributed by atoms with Gasteiger partial charge < -0.3 is 30.7 Å². The van der Waals surface area contributed by atoms with Gasteiger partial charge in [0, 0.05) is 101 Å². The summed E-state index contributed by atoms with van der Waals surface area (Å²) in [6, 6.07) is 15.3. The lowest BCUT2D eigenvalue weighted by atomic mass is 9.99. The molecule has 12 heteroatoms. The van der Waals surface area contributed by atoms with Crippen molar-refractivity contribution in [1.29, 1.82) is 0 Å². The molecule has 0 unspecified atom stereocenters. The molecular weight excluding hydrogens is 656 g/mol. The molecule has 0 saturated carbocycles. The minimum Gasteiger partial charge on any atom is -0.496 e. The highest BCUT2D eigenvalue weighted by Gasteiger charge is 2.22. The molecule has 0 bridgehead atoms. The summed E-state index contributed by atoms with van der Waals surface area (Å²) >= 11 is 0. The van der Waals surface area contributed by atoms with Crippen molar-refractivity contribution in [3.63, 3.8) is 0 Å². The smallest absolute Gasteiger partial charge is 0.220 e. The fourth-order valence-electron chi connectivity index (χ4n) is 7.23. The van der Waals surface area contributed by atoms with E-state index in [2.05, 4.69) is 82.4 Å². The first-order chi connectivity index (χ1) is 25.3. The number of piperazine rings is 1. The van der Waals surface area contributed by atoms with Gasteiger partial charge in [-0.1, -0.05) is 31.2 Å². The molecule has 2 aromatic heterocycles. The van der Waals surface area contributed by atoms with Crippen molar-refractivity contribution in [2.24, 2.45) is 0 Å². The summed E-state index contributed by atoms with van der Waals surface area (Å²) in [7, 11) is 1.68. The Morgan fingerprint density at radius 2 is 1.81 bits per heavy atom.